The van der Waals surface area contributed by atoms with Crippen molar-refractivity contribution >= 4 is 15.9 Å². The Balaban J connectivity index is 1.06. The Bertz CT molecular complexity index is 2290. The normalized spacial score (nSPS) is 20.0. The molecule has 5 aromatic rings. The van der Waals surface area contributed by atoms with Gasteiger partial charge in [0.15, 0.2) is 17.8 Å². The molecule has 7 rings (SSSR count). The van der Waals surface area contributed by atoms with Crippen LogP contribution in [0.1, 0.15) is 63.8 Å². The lowest BCUT2D eigenvalue weighted by Gasteiger charge is -2.43. The minimum atomic E-state index is -3.97. The Morgan fingerprint density at radius 3 is 2.14 bits per heavy atom. The Hall–Kier alpha value is -5.08. The molecule has 1 saturated heterocycles. The van der Waals surface area contributed by atoms with E-state index < -0.39 is 28.3 Å². The number of methoxy groups -OCH3 is 2. The van der Waals surface area contributed by atoms with E-state index in [0.717, 1.165) is 58.6 Å². The van der Waals surface area contributed by atoms with Gasteiger partial charge in [-0.15, -0.1) is 0 Å². The number of hydrogen-bond donors (Lipinski definition) is 3. The molecule has 0 saturated carbocycles. The van der Waals surface area contributed by atoms with E-state index in [1.807, 2.05) is 85.8 Å². The van der Waals surface area contributed by atoms with Gasteiger partial charge in [-0.25, -0.2) is 8.42 Å². The van der Waals surface area contributed by atoms with Gasteiger partial charge < -0.3 is 29.4 Å². The van der Waals surface area contributed by atoms with Gasteiger partial charge in [0.25, 0.3) is 0 Å². The largest absolute Gasteiger partial charge is 0.493 e. The van der Waals surface area contributed by atoms with Crippen molar-refractivity contribution < 1.29 is 37.3 Å². The highest BCUT2D eigenvalue weighted by Gasteiger charge is 2.39. The van der Waals surface area contributed by atoms with Gasteiger partial charge in [0, 0.05) is 37.7 Å². The lowest BCUT2D eigenvalue weighted by Crippen LogP contribution is -2.47. The maximum atomic E-state index is 13.7. The Morgan fingerprint density at radius 1 is 0.831 bits per heavy atom. The monoisotopic (exact) mass is 819 g/mol. The number of amides is 1. The summed E-state index contributed by atoms with van der Waals surface area (Å²) in [5.41, 5.74) is 7.74. The summed E-state index contributed by atoms with van der Waals surface area (Å²) in [6, 6.07) is 34.6. The van der Waals surface area contributed by atoms with Crippen LogP contribution in [0.2, 0.25) is 0 Å². The molecule has 12 heteroatoms. The van der Waals surface area contributed by atoms with Crippen molar-refractivity contribution in [2.24, 2.45) is 5.92 Å². The zero-order chi connectivity index (χ0) is 41.5. The number of carbonyl (C=O) groups excluding carboxylic acids is 1. The number of nitrogens with one attached hydrogen (secondary N) is 2. The molecular formula is C47H53N3O8S. The van der Waals surface area contributed by atoms with Crippen LogP contribution in [0.3, 0.4) is 0 Å². The first-order valence-electron chi connectivity index (χ1n) is 20.0. The summed E-state index contributed by atoms with van der Waals surface area (Å²) in [4.78, 5) is 16.2. The van der Waals surface area contributed by atoms with E-state index in [1.165, 1.54) is 23.3 Å². The molecule has 5 atom stereocenters. The molecule has 11 nitrogen and oxygen atoms in total. The van der Waals surface area contributed by atoms with Crippen LogP contribution in [0.5, 0.6) is 11.5 Å². The van der Waals surface area contributed by atoms with Crippen LogP contribution in [-0.4, -0.2) is 63.8 Å². The lowest BCUT2D eigenvalue weighted by atomic mass is 9.89. The molecule has 0 unspecified atom stereocenters. The fourth-order valence-electron chi connectivity index (χ4n) is 7.80. The van der Waals surface area contributed by atoms with Gasteiger partial charge in [0.05, 0.1) is 37.9 Å². The summed E-state index contributed by atoms with van der Waals surface area (Å²) >= 11 is 0. The Morgan fingerprint density at radius 2 is 1.47 bits per heavy atom. The average Bonchev–Trinajstić information content (AvgIpc) is 3.26. The second-order valence-corrected chi connectivity index (χ2v) is 17.1. The number of carbonyl (C=O) groups is 1. The van der Waals surface area contributed by atoms with Gasteiger partial charge >= 0.3 is 0 Å². The number of hydrogen-bond acceptors (Lipinski definition) is 9. The van der Waals surface area contributed by atoms with Crippen molar-refractivity contribution in [3.63, 3.8) is 0 Å². The first kappa shape index (κ1) is 42.1. The number of aryl methyl sites for hydroxylation is 1. The molecule has 59 heavy (non-hydrogen) atoms. The van der Waals surface area contributed by atoms with Crippen LogP contribution < -0.4 is 19.5 Å². The van der Waals surface area contributed by atoms with Crippen LogP contribution in [0.15, 0.2) is 120 Å². The third-order valence-electron chi connectivity index (χ3n) is 11.3. The van der Waals surface area contributed by atoms with Crippen LogP contribution >= 0.6 is 0 Å². The van der Waals surface area contributed by atoms with Crippen LogP contribution in [0, 0.1) is 12.8 Å². The number of sulfonamides is 1. The summed E-state index contributed by atoms with van der Waals surface area (Å²) in [6.45, 7) is 6.52. The number of fused-ring (bicyclic) bond motifs is 1. The predicted molar refractivity (Wildman–Crippen MR) is 225 cm³/mol. The smallest absolute Gasteiger partial charge is 0.241 e. The van der Waals surface area contributed by atoms with Crippen molar-refractivity contribution in [1.82, 2.24) is 14.9 Å². The third kappa shape index (κ3) is 10.2. The topological polar surface area (TPSA) is 136 Å². The predicted octanol–water partition coefficient (Wildman–Crippen LogP) is 6.56. The van der Waals surface area contributed by atoms with Gasteiger partial charge in [-0.2, -0.15) is 4.72 Å². The number of aliphatic hydroxyl groups is 1. The first-order valence-corrected chi connectivity index (χ1v) is 21.5. The Labute approximate surface area is 347 Å². The second kappa shape index (κ2) is 18.9. The minimum absolute atomic E-state index is 0.0137. The van der Waals surface area contributed by atoms with Gasteiger partial charge in [0.1, 0.15) is 6.04 Å². The van der Waals surface area contributed by atoms with Crippen LogP contribution in [0.4, 0.5) is 0 Å². The molecule has 2 heterocycles. The average molecular weight is 820 g/mol. The molecule has 2 aliphatic heterocycles. The van der Waals surface area contributed by atoms with E-state index in [1.54, 1.807) is 26.4 Å². The molecule has 0 aromatic heterocycles. The molecule has 1 fully saturated rings. The number of ether oxygens (including phenoxy) is 4. The molecule has 0 spiro atoms. The molecule has 2 aliphatic rings. The van der Waals surface area contributed by atoms with Crippen LogP contribution in [-0.2, 0) is 56.8 Å². The lowest BCUT2D eigenvalue weighted by molar-refractivity contribution is -0.276. The van der Waals surface area contributed by atoms with Crippen molar-refractivity contribution in [1.29, 1.82) is 0 Å². The van der Waals surface area contributed by atoms with E-state index in [4.69, 9.17) is 18.9 Å². The highest BCUT2D eigenvalue weighted by Crippen LogP contribution is 2.42. The van der Waals surface area contributed by atoms with Crippen molar-refractivity contribution in [2.75, 3.05) is 27.3 Å². The number of nitrogens with zero attached hydrogens (tertiary/aromatic N) is 1. The highest BCUT2D eigenvalue weighted by molar-refractivity contribution is 7.89. The SMILES string of the molecule is COc1cc2c(cc1OC)CN(C[C@@H]1O[C@H](c3ccc(CNC(=O)[C@@H](Cc4ccccc4)NS(=O)(=O)c4ccc(C)cc4)cc3)O[C@H](c3ccc(CO)cc3)[C@@H]1C)CC2. The molecular weight excluding hydrogens is 767 g/mol. The molecule has 0 radical (unpaired) electrons. The van der Waals surface area contributed by atoms with Crippen molar-refractivity contribution in [2.45, 2.75) is 75.8 Å². The first-order chi connectivity index (χ1) is 28.5. The minimum Gasteiger partial charge on any atom is -0.493 e. The van der Waals surface area contributed by atoms with Gasteiger partial charge in [-0.3, -0.25) is 9.69 Å². The van der Waals surface area contributed by atoms with Crippen LogP contribution in [0.25, 0.3) is 0 Å². The van der Waals surface area contributed by atoms with E-state index in [-0.39, 0.29) is 42.6 Å². The standard InChI is InChI=1S/C47H53N3O8S/c1-31-10-20-40(21-11-31)59(53,54)49-41(24-33-8-6-5-7-9-33)46(52)48-27-34-12-18-37(19-13-34)47-57-44(32(2)45(58-47)36-16-14-35(30-51)15-17-36)29-50-23-22-38-25-42(55-3)43(56-4)26-39(38)28-50/h5-21,25-26,32,41,44-45,47,49,51H,22-24,27-30H2,1-4H3,(H,48,52)/t32-,41-,44+,45+,47+/m1/s1. The summed E-state index contributed by atoms with van der Waals surface area (Å²) < 4.78 is 54.0. The summed E-state index contributed by atoms with van der Waals surface area (Å²) in [5.74, 6) is 1.03. The maximum Gasteiger partial charge on any atom is 0.241 e. The fraction of sp³-hybridized carbons (Fsp3) is 0.340. The van der Waals surface area contributed by atoms with Crippen molar-refractivity contribution in [3.05, 3.63) is 160 Å². The summed E-state index contributed by atoms with van der Waals surface area (Å²) in [6.07, 6.45) is -0.0231. The maximum absolute atomic E-state index is 13.7. The summed E-state index contributed by atoms with van der Waals surface area (Å²) in [5, 5.41) is 12.6. The quantitative estimate of drug-likeness (QED) is 0.107. The summed E-state index contributed by atoms with van der Waals surface area (Å²) in [7, 11) is -0.658. The fourth-order valence-corrected chi connectivity index (χ4v) is 8.99. The van der Waals surface area contributed by atoms with E-state index >= 15 is 0 Å². The molecule has 0 aliphatic carbocycles. The molecule has 0 bridgehead atoms. The zero-order valence-electron chi connectivity index (χ0n) is 34.0. The van der Waals surface area contributed by atoms with E-state index in [2.05, 4.69) is 34.0 Å². The zero-order valence-corrected chi connectivity index (χ0v) is 34.8. The molecule has 310 valence electrons. The number of benzene rings is 5. The van der Waals surface area contributed by atoms with Gasteiger partial charge in [0.2, 0.25) is 15.9 Å². The van der Waals surface area contributed by atoms with E-state index in [0.29, 0.717) is 12.3 Å². The molecule has 5 aromatic carbocycles. The van der Waals surface area contributed by atoms with Gasteiger partial charge in [-0.05, 0) is 77.4 Å². The van der Waals surface area contributed by atoms with E-state index in [9.17, 15) is 18.3 Å². The second-order valence-electron chi connectivity index (χ2n) is 15.4. The molecule has 1 amide bonds. The van der Waals surface area contributed by atoms with Gasteiger partial charge in [-0.1, -0.05) is 103 Å². The molecule has 3 N–H and O–H groups in total. The highest BCUT2D eigenvalue weighted by atomic mass is 32.2. The number of aliphatic hydroxyl groups excluding tert-OH is 1. The number of rotatable bonds is 15. The van der Waals surface area contributed by atoms with Crippen molar-refractivity contribution in [3.8, 4) is 11.5 Å². The Kier molecular flexibility index (Phi) is 13.5. The third-order valence-corrected chi connectivity index (χ3v) is 12.8.